The van der Waals surface area contributed by atoms with E-state index >= 15 is 0 Å². The van der Waals surface area contributed by atoms with Gasteiger partial charge in [0.15, 0.2) is 0 Å². The molecule has 1 aliphatic rings. The van der Waals surface area contributed by atoms with Crippen LogP contribution >= 0.6 is 15.9 Å². The van der Waals surface area contributed by atoms with Crippen LogP contribution in [-0.2, 0) is 5.41 Å². The van der Waals surface area contributed by atoms with E-state index < -0.39 is 0 Å². The average molecular weight is 271 g/mol. The van der Waals surface area contributed by atoms with E-state index in [9.17, 15) is 5.11 Å². The highest BCUT2D eigenvalue weighted by Crippen LogP contribution is 2.34. The van der Waals surface area contributed by atoms with Gasteiger partial charge in [0.05, 0.1) is 0 Å². The first-order chi connectivity index (χ1) is 7.27. The molecular formula is C11H15BrN2O. The summed E-state index contributed by atoms with van der Waals surface area (Å²) in [6, 6.07) is 3.65. The molecule has 1 aromatic rings. The Bertz CT molecular complexity index is 320. The molecule has 0 amide bonds. The predicted octanol–water partition coefficient (Wildman–Crippen LogP) is 1.80. The third-order valence-corrected chi connectivity index (χ3v) is 3.57. The van der Waals surface area contributed by atoms with Crippen LogP contribution in [0.25, 0.3) is 0 Å². The maximum atomic E-state index is 9.18. The number of nitrogens with one attached hydrogen (secondary N) is 1. The second kappa shape index (κ2) is 4.49. The van der Waals surface area contributed by atoms with E-state index in [1.54, 1.807) is 12.3 Å². The van der Waals surface area contributed by atoms with Gasteiger partial charge in [0.1, 0.15) is 0 Å². The Labute approximate surface area is 98.0 Å². The fraction of sp³-hybridized carbons (Fsp3) is 0.545. The molecule has 2 heterocycles. The van der Waals surface area contributed by atoms with Gasteiger partial charge >= 0.3 is 0 Å². The van der Waals surface area contributed by atoms with Crippen LogP contribution < -0.4 is 5.32 Å². The monoisotopic (exact) mass is 270 g/mol. The maximum Gasteiger partial charge on any atom is 0.210 e. The topological polar surface area (TPSA) is 45.1 Å². The summed E-state index contributed by atoms with van der Waals surface area (Å²) in [6.07, 6.45) is 4.04. The van der Waals surface area contributed by atoms with Gasteiger partial charge in [-0.15, -0.1) is 0 Å². The zero-order valence-electron chi connectivity index (χ0n) is 8.54. The summed E-state index contributed by atoms with van der Waals surface area (Å²) in [6.45, 7) is 2.07. The fourth-order valence-electron chi connectivity index (χ4n) is 2.23. The molecular weight excluding hydrogens is 256 g/mol. The molecule has 0 aromatic carbocycles. The standard InChI is InChI=1S/C11H15BrN2O/c12-5-3-11(4-6-13-8-11)9-1-2-10(15)14-7-9/h1-2,7,13H,3-6,8H2,(H,14,15). The number of hydrogen-bond donors (Lipinski definition) is 2. The van der Waals surface area contributed by atoms with Crippen molar-refractivity contribution in [2.75, 3.05) is 18.4 Å². The van der Waals surface area contributed by atoms with Gasteiger partial charge in [0.25, 0.3) is 0 Å². The van der Waals surface area contributed by atoms with E-state index in [4.69, 9.17) is 0 Å². The molecule has 0 bridgehead atoms. The third kappa shape index (κ3) is 2.16. The molecule has 0 spiro atoms. The number of alkyl halides is 1. The van der Waals surface area contributed by atoms with Gasteiger partial charge in [-0.2, -0.15) is 0 Å². The first-order valence-electron chi connectivity index (χ1n) is 5.19. The SMILES string of the molecule is Oc1ccc(C2(CCBr)CCNC2)cn1. The molecule has 0 radical (unpaired) electrons. The van der Waals surface area contributed by atoms with Crippen LogP contribution in [0, 0.1) is 0 Å². The molecule has 2 rings (SSSR count). The summed E-state index contributed by atoms with van der Waals surface area (Å²) in [5.74, 6) is 0.0960. The second-order valence-corrected chi connectivity index (χ2v) is 4.84. The Morgan fingerprint density at radius 3 is 2.93 bits per heavy atom. The number of pyridine rings is 1. The molecule has 1 aliphatic heterocycles. The van der Waals surface area contributed by atoms with Crippen molar-refractivity contribution in [3.8, 4) is 5.88 Å². The van der Waals surface area contributed by atoms with Gasteiger partial charge in [-0.05, 0) is 24.9 Å². The first-order valence-corrected chi connectivity index (χ1v) is 6.31. The molecule has 2 N–H and O–H groups in total. The van der Waals surface area contributed by atoms with Crippen molar-refractivity contribution in [3.05, 3.63) is 23.9 Å². The molecule has 0 aliphatic carbocycles. The lowest BCUT2D eigenvalue weighted by molar-refractivity contribution is 0.439. The summed E-state index contributed by atoms with van der Waals surface area (Å²) >= 11 is 3.51. The fourth-order valence-corrected chi connectivity index (χ4v) is 2.99. The van der Waals surface area contributed by atoms with Crippen LogP contribution in [0.1, 0.15) is 18.4 Å². The first kappa shape index (κ1) is 10.9. The molecule has 1 atom stereocenters. The van der Waals surface area contributed by atoms with E-state index in [0.29, 0.717) is 0 Å². The molecule has 1 fully saturated rings. The summed E-state index contributed by atoms with van der Waals surface area (Å²) in [5, 5.41) is 13.6. The van der Waals surface area contributed by atoms with E-state index in [2.05, 4.69) is 26.2 Å². The minimum absolute atomic E-state index is 0.0960. The summed E-state index contributed by atoms with van der Waals surface area (Å²) < 4.78 is 0. The summed E-state index contributed by atoms with van der Waals surface area (Å²) in [7, 11) is 0. The number of hydrogen-bond acceptors (Lipinski definition) is 3. The Morgan fingerprint density at radius 2 is 2.40 bits per heavy atom. The highest BCUT2D eigenvalue weighted by atomic mass is 79.9. The molecule has 0 saturated carbocycles. The average Bonchev–Trinajstić information content (AvgIpc) is 2.69. The van der Waals surface area contributed by atoms with E-state index in [1.165, 1.54) is 5.56 Å². The lowest BCUT2D eigenvalue weighted by Crippen LogP contribution is -2.29. The van der Waals surface area contributed by atoms with Gasteiger partial charge in [-0.3, -0.25) is 0 Å². The van der Waals surface area contributed by atoms with Crippen molar-refractivity contribution in [2.45, 2.75) is 18.3 Å². The van der Waals surface area contributed by atoms with Crippen molar-refractivity contribution < 1.29 is 5.11 Å². The van der Waals surface area contributed by atoms with Crippen molar-refractivity contribution in [2.24, 2.45) is 0 Å². The smallest absolute Gasteiger partial charge is 0.210 e. The molecule has 15 heavy (non-hydrogen) atoms. The van der Waals surface area contributed by atoms with Crippen LogP contribution in [0.4, 0.5) is 0 Å². The minimum atomic E-state index is 0.0960. The van der Waals surface area contributed by atoms with Crippen molar-refractivity contribution in [3.63, 3.8) is 0 Å². The van der Waals surface area contributed by atoms with Crippen molar-refractivity contribution in [1.29, 1.82) is 0 Å². The number of rotatable bonds is 3. The normalized spacial score (nSPS) is 25.7. The van der Waals surface area contributed by atoms with Crippen LogP contribution in [0.3, 0.4) is 0 Å². The largest absolute Gasteiger partial charge is 0.493 e. The molecule has 3 nitrogen and oxygen atoms in total. The Kier molecular flexibility index (Phi) is 3.26. The lowest BCUT2D eigenvalue weighted by atomic mass is 9.78. The van der Waals surface area contributed by atoms with Crippen molar-refractivity contribution >= 4 is 15.9 Å². The summed E-state index contributed by atoms with van der Waals surface area (Å²) in [5.41, 5.74) is 1.43. The molecule has 1 unspecified atom stereocenters. The van der Waals surface area contributed by atoms with Crippen LogP contribution in [0.5, 0.6) is 5.88 Å². The van der Waals surface area contributed by atoms with Gasteiger partial charge in [-0.25, -0.2) is 4.98 Å². The highest BCUT2D eigenvalue weighted by molar-refractivity contribution is 9.09. The van der Waals surface area contributed by atoms with Gasteiger partial charge in [0.2, 0.25) is 5.88 Å². The summed E-state index contributed by atoms with van der Waals surface area (Å²) in [4.78, 5) is 3.96. The molecule has 82 valence electrons. The Morgan fingerprint density at radius 1 is 1.53 bits per heavy atom. The number of aromatic hydroxyl groups is 1. The molecule has 1 aromatic heterocycles. The van der Waals surface area contributed by atoms with Gasteiger partial charge in [0, 0.05) is 29.6 Å². The van der Waals surface area contributed by atoms with Crippen molar-refractivity contribution in [1.82, 2.24) is 10.3 Å². The molecule has 1 saturated heterocycles. The van der Waals surface area contributed by atoms with Gasteiger partial charge < -0.3 is 10.4 Å². The van der Waals surface area contributed by atoms with Crippen LogP contribution in [0.2, 0.25) is 0 Å². The van der Waals surface area contributed by atoms with E-state index in [-0.39, 0.29) is 11.3 Å². The van der Waals surface area contributed by atoms with Gasteiger partial charge in [-0.1, -0.05) is 22.0 Å². The number of nitrogens with zero attached hydrogens (tertiary/aromatic N) is 1. The maximum absolute atomic E-state index is 9.18. The highest BCUT2D eigenvalue weighted by Gasteiger charge is 2.34. The number of aromatic nitrogens is 1. The Balaban J connectivity index is 2.28. The predicted molar refractivity (Wildman–Crippen MR) is 63.5 cm³/mol. The lowest BCUT2D eigenvalue weighted by Gasteiger charge is -2.27. The molecule has 4 heteroatoms. The Hall–Kier alpha value is -0.610. The minimum Gasteiger partial charge on any atom is -0.493 e. The van der Waals surface area contributed by atoms with E-state index in [0.717, 1.165) is 31.3 Å². The van der Waals surface area contributed by atoms with Crippen LogP contribution in [-0.4, -0.2) is 28.5 Å². The zero-order chi connectivity index (χ0) is 10.7. The third-order valence-electron chi connectivity index (χ3n) is 3.18. The quantitative estimate of drug-likeness (QED) is 0.824. The second-order valence-electron chi connectivity index (χ2n) is 4.05. The zero-order valence-corrected chi connectivity index (χ0v) is 10.1. The number of halogens is 1. The van der Waals surface area contributed by atoms with E-state index in [1.807, 2.05) is 6.07 Å². The van der Waals surface area contributed by atoms with Crippen LogP contribution in [0.15, 0.2) is 18.3 Å².